The first kappa shape index (κ1) is 11.9. The highest BCUT2D eigenvalue weighted by Gasteiger charge is 2.37. The van der Waals surface area contributed by atoms with Crippen LogP contribution in [0.25, 0.3) is 0 Å². The van der Waals surface area contributed by atoms with E-state index in [0.717, 1.165) is 29.9 Å². The summed E-state index contributed by atoms with van der Waals surface area (Å²) in [6.07, 6.45) is 6.77. The first-order valence-corrected chi connectivity index (χ1v) is 7.21. The quantitative estimate of drug-likeness (QED) is 0.692. The van der Waals surface area contributed by atoms with Crippen molar-refractivity contribution in [2.75, 3.05) is 13.2 Å². The van der Waals surface area contributed by atoms with Crippen LogP contribution in [0.1, 0.15) is 46.0 Å². The molecule has 1 aliphatic heterocycles. The van der Waals surface area contributed by atoms with Crippen LogP contribution in [0.5, 0.6) is 0 Å². The monoisotopic (exact) mass is 274 g/mol. The molecule has 0 N–H and O–H groups in total. The molecule has 1 nitrogen and oxygen atoms in total. The van der Waals surface area contributed by atoms with Gasteiger partial charge < -0.3 is 4.74 Å². The van der Waals surface area contributed by atoms with Crippen LogP contribution < -0.4 is 0 Å². The van der Waals surface area contributed by atoms with Gasteiger partial charge in [-0.2, -0.15) is 0 Å². The largest absolute Gasteiger partial charge is 0.381 e. The van der Waals surface area contributed by atoms with E-state index in [1.807, 2.05) is 0 Å². The minimum Gasteiger partial charge on any atom is -0.381 e. The zero-order valence-electron chi connectivity index (χ0n) is 9.97. The van der Waals surface area contributed by atoms with Gasteiger partial charge >= 0.3 is 0 Å². The standard InChI is InChI=1S/C13H23BrO/c1-13(2)5-3-12(14)8-11(13)7-10-4-6-15-9-10/h10-12H,3-9H2,1-2H3. The Bertz CT molecular complexity index is 209. The third-order valence-corrected chi connectivity index (χ3v) is 5.22. The first-order valence-electron chi connectivity index (χ1n) is 6.30. The van der Waals surface area contributed by atoms with Crippen molar-refractivity contribution in [1.29, 1.82) is 0 Å². The van der Waals surface area contributed by atoms with E-state index >= 15 is 0 Å². The van der Waals surface area contributed by atoms with Gasteiger partial charge in [0, 0.05) is 18.0 Å². The molecule has 3 unspecified atom stereocenters. The van der Waals surface area contributed by atoms with Gasteiger partial charge in [0.25, 0.3) is 0 Å². The topological polar surface area (TPSA) is 9.23 Å². The lowest BCUT2D eigenvalue weighted by atomic mass is 9.66. The zero-order valence-corrected chi connectivity index (χ0v) is 11.6. The van der Waals surface area contributed by atoms with E-state index in [2.05, 4.69) is 29.8 Å². The number of rotatable bonds is 2. The second kappa shape index (κ2) is 4.75. The number of halogens is 1. The van der Waals surface area contributed by atoms with Crippen molar-refractivity contribution >= 4 is 15.9 Å². The van der Waals surface area contributed by atoms with E-state index in [9.17, 15) is 0 Å². The van der Waals surface area contributed by atoms with Gasteiger partial charge in [-0.25, -0.2) is 0 Å². The molecule has 0 amide bonds. The van der Waals surface area contributed by atoms with Gasteiger partial charge in [0.1, 0.15) is 0 Å². The molecule has 0 aromatic rings. The van der Waals surface area contributed by atoms with Crippen LogP contribution in [-0.2, 0) is 4.74 Å². The maximum atomic E-state index is 5.48. The Balaban J connectivity index is 1.92. The first-order chi connectivity index (χ1) is 7.08. The summed E-state index contributed by atoms with van der Waals surface area (Å²) in [5.74, 6) is 1.73. The molecule has 0 spiro atoms. The average molecular weight is 275 g/mol. The molecule has 2 rings (SSSR count). The lowest BCUT2D eigenvalue weighted by Crippen LogP contribution is -2.33. The maximum Gasteiger partial charge on any atom is 0.0495 e. The van der Waals surface area contributed by atoms with Crippen LogP contribution in [-0.4, -0.2) is 18.0 Å². The lowest BCUT2D eigenvalue weighted by molar-refractivity contribution is 0.108. The van der Waals surface area contributed by atoms with Crippen LogP contribution in [0, 0.1) is 17.3 Å². The third kappa shape index (κ3) is 2.97. The number of alkyl halides is 1. The van der Waals surface area contributed by atoms with Gasteiger partial charge in [0.2, 0.25) is 0 Å². The van der Waals surface area contributed by atoms with Gasteiger partial charge in [-0.1, -0.05) is 29.8 Å². The van der Waals surface area contributed by atoms with Crippen LogP contribution in [0.3, 0.4) is 0 Å². The van der Waals surface area contributed by atoms with Crippen molar-refractivity contribution in [3.63, 3.8) is 0 Å². The molecule has 1 aliphatic carbocycles. The molecule has 2 fully saturated rings. The van der Waals surface area contributed by atoms with Crippen molar-refractivity contribution in [2.45, 2.75) is 50.8 Å². The molecule has 1 saturated carbocycles. The Morgan fingerprint density at radius 2 is 2.13 bits per heavy atom. The van der Waals surface area contributed by atoms with Crippen LogP contribution >= 0.6 is 15.9 Å². The van der Waals surface area contributed by atoms with Crippen LogP contribution in [0.15, 0.2) is 0 Å². The Hall–Kier alpha value is 0.440. The number of hydrogen-bond acceptors (Lipinski definition) is 1. The Kier molecular flexibility index (Phi) is 3.77. The van der Waals surface area contributed by atoms with Crippen molar-refractivity contribution in [3.05, 3.63) is 0 Å². The highest BCUT2D eigenvalue weighted by molar-refractivity contribution is 9.09. The van der Waals surface area contributed by atoms with Gasteiger partial charge in [0.15, 0.2) is 0 Å². The molecular formula is C13H23BrO. The number of hydrogen-bond donors (Lipinski definition) is 0. The average Bonchev–Trinajstić information content (AvgIpc) is 2.65. The van der Waals surface area contributed by atoms with Crippen molar-refractivity contribution in [3.8, 4) is 0 Å². The Morgan fingerprint density at radius 1 is 1.33 bits per heavy atom. The second-order valence-electron chi connectivity index (χ2n) is 6.02. The maximum absolute atomic E-state index is 5.48. The van der Waals surface area contributed by atoms with Crippen LogP contribution in [0.2, 0.25) is 0 Å². The smallest absolute Gasteiger partial charge is 0.0495 e. The normalized spacial score (nSPS) is 40.6. The molecule has 0 radical (unpaired) electrons. The summed E-state index contributed by atoms with van der Waals surface area (Å²) in [5, 5.41) is 0. The van der Waals surface area contributed by atoms with Crippen molar-refractivity contribution < 1.29 is 4.74 Å². The van der Waals surface area contributed by atoms with Crippen molar-refractivity contribution in [1.82, 2.24) is 0 Å². The SMILES string of the molecule is CC1(C)CCC(Br)CC1CC1CCOC1. The summed E-state index contributed by atoms with van der Waals surface area (Å²) in [5.41, 5.74) is 0.548. The minimum absolute atomic E-state index is 0.548. The summed E-state index contributed by atoms with van der Waals surface area (Å²) in [7, 11) is 0. The van der Waals surface area contributed by atoms with Crippen LogP contribution in [0.4, 0.5) is 0 Å². The zero-order chi connectivity index (χ0) is 10.9. The summed E-state index contributed by atoms with van der Waals surface area (Å²) < 4.78 is 5.48. The molecule has 0 bridgehead atoms. The van der Waals surface area contributed by atoms with Gasteiger partial charge in [-0.15, -0.1) is 0 Å². The minimum atomic E-state index is 0.548. The van der Waals surface area contributed by atoms with Crippen molar-refractivity contribution in [2.24, 2.45) is 17.3 Å². The molecule has 0 aromatic carbocycles. The van der Waals surface area contributed by atoms with E-state index in [1.54, 1.807) is 0 Å². The molecule has 2 heteroatoms. The molecule has 15 heavy (non-hydrogen) atoms. The fourth-order valence-corrected chi connectivity index (χ4v) is 3.75. The molecule has 1 heterocycles. The Morgan fingerprint density at radius 3 is 2.80 bits per heavy atom. The van der Waals surface area contributed by atoms with E-state index in [4.69, 9.17) is 4.74 Å². The predicted octanol–water partition coefficient (Wildman–Crippen LogP) is 4.00. The highest BCUT2D eigenvalue weighted by atomic mass is 79.9. The predicted molar refractivity (Wildman–Crippen MR) is 67.4 cm³/mol. The molecule has 1 saturated heterocycles. The number of ether oxygens (including phenoxy) is 1. The molecular weight excluding hydrogens is 252 g/mol. The fourth-order valence-electron chi connectivity index (χ4n) is 3.07. The lowest BCUT2D eigenvalue weighted by Gasteiger charge is -2.42. The molecule has 88 valence electrons. The van der Waals surface area contributed by atoms with E-state index in [1.165, 1.54) is 32.1 Å². The summed E-state index contributed by atoms with van der Waals surface area (Å²) >= 11 is 3.80. The summed E-state index contributed by atoms with van der Waals surface area (Å²) in [6.45, 7) is 6.91. The summed E-state index contributed by atoms with van der Waals surface area (Å²) in [6, 6.07) is 0. The van der Waals surface area contributed by atoms with E-state index < -0.39 is 0 Å². The highest BCUT2D eigenvalue weighted by Crippen LogP contribution is 2.46. The Labute approximate surface area is 102 Å². The fraction of sp³-hybridized carbons (Fsp3) is 1.00. The van der Waals surface area contributed by atoms with E-state index in [-0.39, 0.29) is 0 Å². The van der Waals surface area contributed by atoms with Gasteiger partial charge in [0.05, 0.1) is 0 Å². The van der Waals surface area contributed by atoms with E-state index in [0.29, 0.717) is 5.41 Å². The third-order valence-electron chi connectivity index (χ3n) is 4.39. The summed E-state index contributed by atoms with van der Waals surface area (Å²) in [4.78, 5) is 0.762. The second-order valence-corrected chi connectivity index (χ2v) is 7.32. The molecule has 2 aliphatic rings. The molecule has 0 aromatic heterocycles. The van der Waals surface area contributed by atoms with Gasteiger partial charge in [-0.3, -0.25) is 0 Å². The van der Waals surface area contributed by atoms with Gasteiger partial charge in [-0.05, 0) is 49.4 Å². The molecule has 3 atom stereocenters.